The number of hydrogen-bond donors (Lipinski definition) is 0. The summed E-state index contributed by atoms with van der Waals surface area (Å²) >= 11 is 0. The van der Waals surface area contributed by atoms with Crippen molar-refractivity contribution in [2.75, 3.05) is 6.61 Å². The van der Waals surface area contributed by atoms with Crippen LogP contribution in [0.4, 0.5) is 4.39 Å². The molecule has 0 spiro atoms. The van der Waals surface area contributed by atoms with Gasteiger partial charge in [0.15, 0.2) is 11.6 Å². The summed E-state index contributed by atoms with van der Waals surface area (Å²) in [6.45, 7) is 1.99. The lowest BCUT2D eigenvalue weighted by Gasteiger charge is -2.30. The van der Waals surface area contributed by atoms with Gasteiger partial charge in [-0.1, -0.05) is 12.1 Å². The number of halogens is 1. The number of nitrogens with zero attached hydrogens (tertiary/aromatic N) is 1. The molecule has 1 aliphatic heterocycles. The average Bonchev–Trinajstić information content (AvgIpc) is 2.17. The Labute approximate surface area is 86.6 Å². The molecule has 0 saturated carbocycles. The molecule has 0 radical (unpaired) electrons. The van der Waals surface area contributed by atoms with Gasteiger partial charge in [-0.3, -0.25) is 0 Å². The van der Waals surface area contributed by atoms with Crippen molar-refractivity contribution < 1.29 is 13.9 Å². The van der Waals surface area contributed by atoms with Crippen LogP contribution in [-0.4, -0.2) is 18.2 Å². The zero-order chi connectivity index (χ0) is 10.9. The molecule has 1 atom stereocenters. The lowest BCUT2D eigenvalue weighted by atomic mass is 9.91. The van der Waals surface area contributed by atoms with Crippen LogP contribution in [0, 0.1) is 5.82 Å². The second kappa shape index (κ2) is 3.48. The molecule has 0 aromatic heterocycles. The smallest absolute Gasteiger partial charge is 0.235 e. The molecule has 1 aromatic carbocycles. The Bertz CT molecular complexity index is 440. The summed E-state index contributed by atoms with van der Waals surface area (Å²) in [7, 11) is 0. The standard InChI is InChI=1S/C11H10FNO2/c1-11(13-7-14)5-8-3-2-4-9(12)10(8)15-6-11/h2-4H,5-6H2,1H3. The minimum atomic E-state index is -0.622. The zero-order valence-corrected chi connectivity index (χ0v) is 8.29. The topological polar surface area (TPSA) is 38.7 Å². The second-order valence-corrected chi connectivity index (χ2v) is 3.89. The fraction of sp³-hybridized carbons (Fsp3) is 0.364. The Kier molecular flexibility index (Phi) is 2.29. The first-order valence-electron chi connectivity index (χ1n) is 4.64. The van der Waals surface area contributed by atoms with Gasteiger partial charge in [0.2, 0.25) is 6.08 Å². The average molecular weight is 207 g/mol. The van der Waals surface area contributed by atoms with Crippen molar-refractivity contribution in [3.05, 3.63) is 29.6 Å². The highest BCUT2D eigenvalue weighted by atomic mass is 19.1. The van der Waals surface area contributed by atoms with E-state index in [2.05, 4.69) is 4.99 Å². The van der Waals surface area contributed by atoms with Crippen LogP contribution in [0.3, 0.4) is 0 Å². The number of fused-ring (bicyclic) bond motifs is 1. The van der Waals surface area contributed by atoms with Gasteiger partial charge in [0.25, 0.3) is 0 Å². The van der Waals surface area contributed by atoms with Gasteiger partial charge < -0.3 is 4.74 Å². The third-order valence-electron chi connectivity index (χ3n) is 2.46. The van der Waals surface area contributed by atoms with Gasteiger partial charge in [-0.2, -0.15) is 4.99 Å². The summed E-state index contributed by atoms with van der Waals surface area (Å²) in [5.74, 6) is -0.0966. The number of ether oxygens (including phenoxy) is 1. The molecule has 1 heterocycles. The van der Waals surface area contributed by atoms with E-state index < -0.39 is 5.54 Å². The fourth-order valence-electron chi connectivity index (χ4n) is 1.73. The Morgan fingerprint density at radius 3 is 3.13 bits per heavy atom. The number of isocyanates is 1. The maximum absolute atomic E-state index is 13.3. The molecule has 1 aromatic rings. The van der Waals surface area contributed by atoms with E-state index in [1.165, 1.54) is 12.1 Å². The molecule has 1 unspecified atom stereocenters. The lowest BCUT2D eigenvalue weighted by molar-refractivity contribution is 0.197. The maximum Gasteiger partial charge on any atom is 0.235 e. The Morgan fingerprint density at radius 2 is 2.40 bits per heavy atom. The number of aliphatic imine (C=N–C) groups is 1. The molecule has 0 saturated heterocycles. The van der Waals surface area contributed by atoms with Crippen LogP contribution in [0.5, 0.6) is 5.75 Å². The molecule has 1 aliphatic rings. The molecule has 2 rings (SSSR count). The van der Waals surface area contributed by atoms with Crippen LogP contribution >= 0.6 is 0 Å². The number of hydrogen-bond acceptors (Lipinski definition) is 3. The van der Waals surface area contributed by atoms with E-state index in [0.29, 0.717) is 6.42 Å². The SMILES string of the molecule is CC1(N=C=O)COc2c(F)cccc2C1. The van der Waals surface area contributed by atoms with E-state index in [9.17, 15) is 9.18 Å². The maximum atomic E-state index is 13.3. The van der Waals surface area contributed by atoms with Crippen LogP contribution in [0.1, 0.15) is 12.5 Å². The number of benzene rings is 1. The molecular formula is C11H10FNO2. The predicted octanol–water partition coefficient (Wildman–Crippen LogP) is 1.86. The van der Waals surface area contributed by atoms with Gasteiger partial charge in [-0.05, 0) is 18.6 Å². The van der Waals surface area contributed by atoms with Gasteiger partial charge in [0, 0.05) is 6.42 Å². The summed E-state index contributed by atoms with van der Waals surface area (Å²) in [6, 6.07) is 4.74. The number of para-hydroxylation sites is 1. The van der Waals surface area contributed by atoms with Crippen molar-refractivity contribution in [2.24, 2.45) is 4.99 Å². The third-order valence-corrected chi connectivity index (χ3v) is 2.46. The fourth-order valence-corrected chi connectivity index (χ4v) is 1.73. The summed E-state index contributed by atoms with van der Waals surface area (Å²) in [4.78, 5) is 13.9. The van der Waals surface area contributed by atoms with Crippen LogP contribution < -0.4 is 4.74 Å². The molecule has 3 nitrogen and oxygen atoms in total. The van der Waals surface area contributed by atoms with Crippen LogP contribution in [0.2, 0.25) is 0 Å². The molecule has 0 bridgehead atoms. The van der Waals surface area contributed by atoms with Gasteiger partial charge in [0.1, 0.15) is 12.1 Å². The number of rotatable bonds is 1. The van der Waals surface area contributed by atoms with Crippen LogP contribution in [-0.2, 0) is 11.2 Å². The van der Waals surface area contributed by atoms with E-state index >= 15 is 0 Å². The number of carbonyl (C=O) groups excluding carboxylic acids is 1. The zero-order valence-electron chi connectivity index (χ0n) is 8.29. The lowest BCUT2D eigenvalue weighted by Crippen LogP contribution is -2.37. The quantitative estimate of drug-likeness (QED) is 0.520. The van der Waals surface area contributed by atoms with Crippen molar-refractivity contribution in [1.82, 2.24) is 0 Å². The van der Waals surface area contributed by atoms with Crippen LogP contribution in [0.15, 0.2) is 23.2 Å². The molecule has 15 heavy (non-hydrogen) atoms. The first-order chi connectivity index (χ1) is 7.14. The van der Waals surface area contributed by atoms with Gasteiger partial charge in [-0.25, -0.2) is 9.18 Å². The summed E-state index contributed by atoms with van der Waals surface area (Å²) < 4.78 is 18.6. The summed E-state index contributed by atoms with van der Waals surface area (Å²) in [5, 5.41) is 0. The molecule has 4 heteroatoms. The van der Waals surface area contributed by atoms with Crippen molar-refractivity contribution >= 4 is 6.08 Å². The van der Waals surface area contributed by atoms with Crippen molar-refractivity contribution in [3.8, 4) is 5.75 Å². The predicted molar refractivity (Wildman–Crippen MR) is 52.1 cm³/mol. The Balaban J connectivity index is 2.39. The van der Waals surface area contributed by atoms with Gasteiger partial charge >= 0.3 is 0 Å². The molecule has 0 aliphatic carbocycles. The van der Waals surface area contributed by atoms with Crippen LogP contribution in [0.25, 0.3) is 0 Å². The summed E-state index contributed by atoms with van der Waals surface area (Å²) in [6.07, 6.45) is 2.02. The normalized spacial score (nSPS) is 23.6. The second-order valence-electron chi connectivity index (χ2n) is 3.89. The van der Waals surface area contributed by atoms with Crippen molar-refractivity contribution in [2.45, 2.75) is 18.9 Å². The minimum Gasteiger partial charge on any atom is -0.488 e. The minimum absolute atomic E-state index is 0.205. The molecular weight excluding hydrogens is 197 g/mol. The van der Waals surface area contributed by atoms with Gasteiger partial charge in [0.05, 0.1) is 0 Å². The molecule has 0 amide bonds. The van der Waals surface area contributed by atoms with Gasteiger partial charge in [-0.15, -0.1) is 0 Å². The molecule has 78 valence electrons. The highest BCUT2D eigenvalue weighted by Gasteiger charge is 2.32. The van der Waals surface area contributed by atoms with E-state index in [1.54, 1.807) is 19.1 Å². The Morgan fingerprint density at radius 1 is 1.60 bits per heavy atom. The highest BCUT2D eigenvalue weighted by Crippen LogP contribution is 2.32. The largest absolute Gasteiger partial charge is 0.488 e. The van der Waals surface area contributed by atoms with Crippen molar-refractivity contribution in [3.63, 3.8) is 0 Å². The highest BCUT2D eigenvalue weighted by molar-refractivity contribution is 5.41. The van der Waals surface area contributed by atoms with E-state index in [0.717, 1.165) is 5.56 Å². The van der Waals surface area contributed by atoms with Crippen molar-refractivity contribution in [1.29, 1.82) is 0 Å². The molecule has 0 fully saturated rings. The Hall–Kier alpha value is -1.67. The monoisotopic (exact) mass is 207 g/mol. The summed E-state index contributed by atoms with van der Waals surface area (Å²) in [5.41, 5.74) is 0.116. The first-order valence-corrected chi connectivity index (χ1v) is 4.64. The van der Waals surface area contributed by atoms with E-state index in [1.807, 2.05) is 0 Å². The first kappa shape index (κ1) is 9.87. The van der Waals surface area contributed by atoms with E-state index in [4.69, 9.17) is 4.74 Å². The molecule has 0 N–H and O–H groups in total. The van der Waals surface area contributed by atoms with E-state index in [-0.39, 0.29) is 18.2 Å². The third kappa shape index (κ3) is 1.76.